The molecule has 3 aromatic rings. The lowest BCUT2D eigenvalue weighted by Crippen LogP contribution is -1.96. The first-order valence-electron chi connectivity index (χ1n) is 5.15. The maximum atomic E-state index is 3.44. The van der Waals surface area contributed by atoms with Crippen molar-refractivity contribution in [2.45, 2.75) is 6.54 Å². The lowest BCUT2D eigenvalue weighted by Gasteiger charge is -2.04. The minimum Gasteiger partial charge on any atom is -0.380 e. The number of thiophene rings is 2. The van der Waals surface area contributed by atoms with Gasteiger partial charge in [-0.3, -0.25) is 0 Å². The molecule has 0 aliphatic carbocycles. The summed E-state index contributed by atoms with van der Waals surface area (Å²) in [6.07, 6.45) is 0. The van der Waals surface area contributed by atoms with Crippen molar-refractivity contribution in [3.05, 3.63) is 52.0 Å². The van der Waals surface area contributed by atoms with E-state index in [0.717, 1.165) is 6.54 Å². The van der Waals surface area contributed by atoms with Gasteiger partial charge in [0.1, 0.15) is 0 Å². The molecule has 1 nitrogen and oxygen atoms in total. The molecule has 0 radical (unpaired) electrons. The fourth-order valence-electron chi connectivity index (χ4n) is 1.68. The van der Waals surface area contributed by atoms with Crippen LogP contribution in [0.4, 0.5) is 5.69 Å². The third-order valence-electron chi connectivity index (χ3n) is 2.50. The Hall–Kier alpha value is -1.32. The smallest absolute Gasteiger partial charge is 0.0494 e. The molecule has 2 aromatic heterocycles. The molecule has 0 saturated heterocycles. The van der Waals surface area contributed by atoms with E-state index in [2.05, 4.69) is 52.5 Å². The lowest BCUT2D eigenvalue weighted by atomic mass is 10.2. The summed E-state index contributed by atoms with van der Waals surface area (Å²) in [5.41, 5.74) is 1.19. The normalized spacial score (nSPS) is 10.8. The van der Waals surface area contributed by atoms with E-state index in [0.29, 0.717) is 0 Å². The van der Waals surface area contributed by atoms with Crippen LogP contribution in [-0.2, 0) is 6.54 Å². The Labute approximate surface area is 102 Å². The summed E-state index contributed by atoms with van der Waals surface area (Å²) in [4.78, 5) is 1.37. The second-order valence-corrected chi connectivity index (χ2v) is 5.59. The predicted octanol–water partition coefficient (Wildman–Crippen LogP) is 4.57. The first-order valence-corrected chi connectivity index (χ1v) is 6.91. The summed E-state index contributed by atoms with van der Waals surface area (Å²) in [6, 6.07) is 12.9. The topological polar surface area (TPSA) is 12.0 Å². The second-order valence-electron chi connectivity index (χ2n) is 3.61. The van der Waals surface area contributed by atoms with E-state index in [1.54, 1.807) is 22.7 Å². The van der Waals surface area contributed by atoms with Crippen LogP contribution in [-0.4, -0.2) is 0 Å². The van der Waals surface area contributed by atoms with Crippen LogP contribution in [0.25, 0.3) is 10.1 Å². The zero-order chi connectivity index (χ0) is 10.8. The van der Waals surface area contributed by atoms with Gasteiger partial charge in [-0.25, -0.2) is 0 Å². The molecular formula is C13H11NS2. The van der Waals surface area contributed by atoms with Gasteiger partial charge in [0.25, 0.3) is 0 Å². The molecule has 0 spiro atoms. The molecule has 0 atom stereocenters. The van der Waals surface area contributed by atoms with Gasteiger partial charge in [0.05, 0.1) is 0 Å². The Kier molecular flexibility index (Phi) is 2.64. The van der Waals surface area contributed by atoms with E-state index in [9.17, 15) is 0 Å². The Morgan fingerprint density at radius 2 is 2.00 bits per heavy atom. The number of rotatable bonds is 3. The first kappa shape index (κ1) is 9.87. The van der Waals surface area contributed by atoms with Crippen molar-refractivity contribution < 1.29 is 0 Å². The van der Waals surface area contributed by atoms with Crippen LogP contribution in [0.2, 0.25) is 0 Å². The van der Waals surface area contributed by atoms with E-state index in [-0.39, 0.29) is 0 Å². The maximum Gasteiger partial charge on any atom is 0.0494 e. The van der Waals surface area contributed by atoms with E-state index >= 15 is 0 Å². The molecule has 1 aromatic carbocycles. The van der Waals surface area contributed by atoms with E-state index < -0.39 is 0 Å². The number of fused-ring (bicyclic) bond motifs is 1. The van der Waals surface area contributed by atoms with Crippen LogP contribution < -0.4 is 5.32 Å². The minimum absolute atomic E-state index is 0.910. The summed E-state index contributed by atoms with van der Waals surface area (Å²) < 4.78 is 1.35. The van der Waals surface area contributed by atoms with Gasteiger partial charge in [-0.2, -0.15) is 0 Å². The highest BCUT2D eigenvalue weighted by molar-refractivity contribution is 7.17. The zero-order valence-corrected chi connectivity index (χ0v) is 10.3. The molecule has 2 heterocycles. The SMILES string of the molecule is c1csc(CNc2ccc3sccc3c2)c1. The fraction of sp³-hybridized carbons (Fsp3) is 0.0769. The van der Waals surface area contributed by atoms with Gasteiger partial charge in [-0.05, 0) is 46.5 Å². The molecule has 3 rings (SSSR count). The van der Waals surface area contributed by atoms with E-state index in [1.807, 2.05) is 0 Å². The molecule has 0 amide bonds. The molecule has 0 saturated carbocycles. The van der Waals surface area contributed by atoms with Crippen LogP contribution in [0.1, 0.15) is 4.88 Å². The number of hydrogen-bond acceptors (Lipinski definition) is 3. The second kappa shape index (κ2) is 4.28. The van der Waals surface area contributed by atoms with Gasteiger partial charge in [0.15, 0.2) is 0 Å². The lowest BCUT2D eigenvalue weighted by molar-refractivity contribution is 1.20. The molecule has 0 fully saturated rings. The molecule has 1 N–H and O–H groups in total. The summed E-state index contributed by atoms with van der Waals surface area (Å²) in [6.45, 7) is 0.910. The number of anilines is 1. The number of benzene rings is 1. The molecule has 16 heavy (non-hydrogen) atoms. The molecule has 0 bridgehead atoms. The van der Waals surface area contributed by atoms with Crippen molar-refractivity contribution >= 4 is 38.4 Å². The van der Waals surface area contributed by atoms with Crippen molar-refractivity contribution in [3.8, 4) is 0 Å². The number of nitrogens with one attached hydrogen (secondary N) is 1. The summed E-state index contributed by atoms with van der Waals surface area (Å²) in [5.74, 6) is 0. The molecule has 80 valence electrons. The molecule has 0 unspecified atom stereocenters. The van der Waals surface area contributed by atoms with Crippen LogP contribution in [0, 0.1) is 0 Å². The highest BCUT2D eigenvalue weighted by Gasteiger charge is 1.98. The van der Waals surface area contributed by atoms with Crippen molar-refractivity contribution in [1.29, 1.82) is 0 Å². The van der Waals surface area contributed by atoms with E-state index in [4.69, 9.17) is 0 Å². The Bertz CT molecular complexity index is 581. The standard InChI is InChI=1S/C13H11NS2/c1-2-12(15-6-1)9-14-11-3-4-13-10(8-11)5-7-16-13/h1-8,14H,9H2. The van der Waals surface area contributed by atoms with Crippen molar-refractivity contribution in [2.24, 2.45) is 0 Å². The highest BCUT2D eigenvalue weighted by Crippen LogP contribution is 2.24. The first-order chi connectivity index (χ1) is 7.92. The molecule has 0 aliphatic heterocycles. The summed E-state index contributed by atoms with van der Waals surface area (Å²) >= 11 is 3.57. The Morgan fingerprint density at radius 3 is 2.88 bits per heavy atom. The van der Waals surface area contributed by atoms with Gasteiger partial charge in [-0.15, -0.1) is 22.7 Å². The quantitative estimate of drug-likeness (QED) is 0.712. The summed E-state index contributed by atoms with van der Waals surface area (Å²) in [7, 11) is 0. The van der Waals surface area contributed by atoms with E-state index in [1.165, 1.54) is 20.7 Å². The fourth-order valence-corrected chi connectivity index (χ4v) is 3.09. The van der Waals surface area contributed by atoms with Gasteiger partial charge >= 0.3 is 0 Å². The predicted molar refractivity (Wildman–Crippen MR) is 73.5 cm³/mol. The average molecular weight is 245 g/mol. The average Bonchev–Trinajstić information content (AvgIpc) is 2.97. The number of hydrogen-bond donors (Lipinski definition) is 1. The van der Waals surface area contributed by atoms with Crippen LogP contribution in [0.3, 0.4) is 0 Å². The van der Waals surface area contributed by atoms with Gasteiger partial charge in [0, 0.05) is 21.8 Å². The Morgan fingerprint density at radius 1 is 1.00 bits per heavy atom. The molecular weight excluding hydrogens is 234 g/mol. The van der Waals surface area contributed by atoms with Crippen LogP contribution in [0.5, 0.6) is 0 Å². The highest BCUT2D eigenvalue weighted by atomic mass is 32.1. The maximum absolute atomic E-state index is 3.44. The third-order valence-corrected chi connectivity index (χ3v) is 4.27. The summed E-state index contributed by atoms with van der Waals surface area (Å²) in [5, 5.41) is 9.01. The van der Waals surface area contributed by atoms with Crippen LogP contribution in [0.15, 0.2) is 47.2 Å². The molecule has 0 aliphatic rings. The Balaban J connectivity index is 1.78. The van der Waals surface area contributed by atoms with Crippen molar-refractivity contribution in [3.63, 3.8) is 0 Å². The zero-order valence-electron chi connectivity index (χ0n) is 8.64. The molecule has 3 heteroatoms. The van der Waals surface area contributed by atoms with Gasteiger partial charge in [-0.1, -0.05) is 6.07 Å². The van der Waals surface area contributed by atoms with Gasteiger partial charge < -0.3 is 5.32 Å². The van der Waals surface area contributed by atoms with Crippen molar-refractivity contribution in [1.82, 2.24) is 0 Å². The third kappa shape index (κ3) is 1.96. The van der Waals surface area contributed by atoms with Crippen LogP contribution >= 0.6 is 22.7 Å². The van der Waals surface area contributed by atoms with Crippen molar-refractivity contribution in [2.75, 3.05) is 5.32 Å². The largest absolute Gasteiger partial charge is 0.380 e. The minimum atomic E-state index is 0.910. The van der Waals surface area contributed by atoms with Gasteiger partial charge in [0.2, 0.25) is 0 Å². The monoisotopic (exact) mass is 245 g/mol.